The molecule has 1 atom stereocenters. The van der Waals surface area contributed by atoms with Gasteiger partial charge in [-0.1, -0.05) is 12.1 Å². The number of carbonyl (C=O) groups excluding carboxylic acids is 3. The molecule has 34 heavy (non-hydrogen) atoms. The Kier molecular flexibility index (Phi) is 5.18. The number of carbonyl (C=O) groups is 3. The van der Waals surface area contributed by atoms with Gasteiger partial charge in [0.1, 0.15) is 11.8 Å². The van der Waals surface area contributed by atoms with Crippen LogP contribution in [0.1, 0.15) is 28.0 Å². The molecule has 0 bridgehead atoms. The summed E-state index contributed by atoms with van der Waals surface area (Å²) in [7, 11) is 0. The van der Waals surface area contributed by atoms with Gasteiger partial charge in [-0.2, -0.15) is 0 Å². The number of fused-ring (bicyclic) bond motifs is 4. The summed E-state index contributed by atoms with van der Waals surface area (Å²) in [6.07, 6.45) is -4.58. The number of halogens is 3. The third-order valence-corrected chi connectivity index (χ3v) is 5.96. The van der Waals surface area contributed by atoms with Crippen LogP contribution in [0, 0.1) is 0 Å². The Hall–Kier alpha value is -4.02. The summed E-state index contributed by atoms with van der Waals surface area (Å²) in [5.74, 6) is -1.65. The number of ether oxygens (including phenoxy) is 1. The standard InChI is InChI=1S/C23H19F3N4O4/c24-23(25,26)34-12-5-6-17-14(9-12)15-11-30(8-7-18(15)27-17)20(31)10-19-22(33)28-16-4-2-1-3-13(16)21(32)29-19/h1-6,9,19,27H,7-8,10-11H2,(H,28,33)(H,29,32)/t19-/m0/s1. The SMILES string of the molecule is O=C1N[C@@H](CC(=O)N2CCc3[nH]c4ccc(OC(F)(F)F)cc4c3C2)C(=O)Nc2ccccc21. The normalized spacial score (nSPS) is 18.0. The van der Waals surface area contributed by atoms with Crippen LogP contribution in [0.25, 0.3) is 10.9 Å². The number of alkyl halides is 3. The maximum atomic E-state index is 13.0. The first kappa shape index (κ1) is 21.8. The first-order chi connectivity index (χ1) is 16.2. The van der Waals surface area contributed by atoms with Gasteiger partial charge in [0.25, 0.3) is 5.91 Å². The molecule has 0 radical (unpaired) electrons. The molecule has 0 saturated carbocycles. The summed E-state index contributed by atoms with van der Waals surface area (Å²) >= 11 is 0. The predicted octanol–water partition coefficient (Wildman–Crippen LogP) is 3.09. The highest BCUT2D eigenvalue weighted by Gasteiger charge is 2.33. The molecule has 176 valence electrons. The van der Waals surface area contributed by atoms with E-state index in [9.17, 15) is 27.6 Å². The van der Waals surface area contributed by atoms with E-state index in [2.05, 4.69) is 20.4 Å². The first-order valence-electron chi connectivity index (χ1n) is 10.6. The molecular weight excluding hydrogens is 453 g/mol. The third-order valence-electron chi connectivity index (χ3n) is 5.96. The van der Waals surface area contributed by atoms with Gasteiger partial charge in [0, 0.05) is 41.7 Å². The lowest BCUT2D eigenvalue weighted by molar-refractivity contribution is -0.274. The second kappa shape index (κ2) is 8.08. The second-order valence-corrected chi connectivity index (χ2v) is 8.17. The Morgan fingerprint density at radius 1 is 1.15 bits per heavy atom. The minimum Gasteiger partial charge on any atom is -0.406 e. The minimum absolute atomic E-state index is 0.159. The Balaban J connectivity index is 1.33. The molecule has 11 heteroatoms. The second-order valence-electron chi connectivity index (χ2n) is 8.17. The van der Waals surface area contributed by atoms with E-state index < -0.39 is 24.2 Å². The van der Waals surface area contributed by atoms with Gasteiger partial charge in [0.15, 0.2) is 0 Å². The molecule has 2 aliphatic heterocycles. The predicted molar refractivity (Wildman–Crippen MR) is 115 cm³/mol. The fraction of sp³-hybridized carbons (Fsp3) is 0.261. The summed E-state index contributed by atoms with van der Waals surface area (Å²) in [5, 5.41) is 5.80. The van der Waals surface area contributed by atoms with Crippen LogP contribution in [0.2, 0.25) is 0 Å². The number of nitrogens with one attached hydrogen (secondary N) is 3. The Bertz CT molecular complexity index is 1320. The highest BCUT2D eigenvalue weighted by atomic mass is 19.4. The lowest BCUT2D eigenvalue weighted by atomic mass is 10.0. The van der Waals surface area contributed by atoms with Gasteiger partial charge in [-0.15, -0.1) is 13.2 Å². The summed E-state index contributed by atoms with van der Waals surface area (Å²) in [6.45, 7) is 0.527. The van der Waals surface area contributed by atoms with Crippen LogP contribution in [0.3, 0.4) is 0 Å². The van der Waals surface area contributed by atoms with Crippen LogP contribution < -0.4 is 15.4 Å². The number of amides is 3. The monoisotopic (exact) mass is 472 g/mol. The largest absolute Gasteiger partial charge is 0.573 e. The molecule has 0 spiro atoms. The Labute approximate surface area is 191 Å². The molecule has 3 heterocycles. The molecule has 0 fully saturated rings. The summed E-state index contributed by atoms with van der Waals surface area (Å²) in [5.41, 5.74) is 2.85. The number of rotatable bonds is 3. The molecule has 3 N–H and O–H groups in total. The molecule has 0 unspecified atom stereocenters. The van der Waals surface area contributed by atoms with E-state index in [1.165, 1.54) is 23.1 Å². The highest BCUT2D eigenvalue weighted by molar-refractivity contribution is 6.10. The van der Waals surface area contributed by atoms with Crippen molar-refractivity contribution in [1.29, 1.82) is 0 Å². The van der Waals surface area contributed by atoms with E-state index in [-0.39, 0.29) is 24.6 Å². The number of H-pyrrole nitrogens is 1. The van der Waals surface area contributed by atoms with E-state index in [4.69, 9.17) is 0 Å². The van der Waals surface area contributed by atoms with Gasteiger partial charge in [0.05, 0.1) is 17.7 Å². The van der Waals surface area contributed by atoms with Crippen LogP contribution in [-0.4, -0.2) is 46.6 Å². The number of hydrogen-bond acceptors (Lipinski definition) is 4. The zero-order chi connectivity index (χ0) is 24.0. The zero-order valence-corrected chi connectivity index (χ0v) is 17.7. The topological polar surface area (TPSA) is 104 Å². The average Bonchev–Trinajstić information content (AvgIpc) is 3.09. The van der Waals surface area contributed by atoms with Crippen LogP contribution in [0.15, 0.2) is 42.5 Å². The van der Waals surface area contributed by atoms with Crippen LogP contribution in [0.5, 0.6) is 5.75 Å². The van der Waals surface area contributed by atoms with Crippen LogP contribution in [0.4, 0.5) is 18.9 Å². The van der Waals surface area contributed by atoms with Crippen molar-refractivity contribution in [2.24, 2.45) is 0 Å². The van der Waals surface area contributed by atoms with E-state index in [1.807, 2.05) is 0 Å². The van der Waals surface area contributed by atoms with E-state index in [0.717, 1.165) is 5.69 Å². The van der Waals surface area contributed by atoms with E-state index in [1.54, 1.807) is 24.3 Å². The minimum atomic E-state index is -4.81. The number of aromatic nitrogens is 1. The lowest BCUT2D eigenvalue weighted by Gasteiger charge is -2.28. The molecule has 1 aromatic heterocycles. The molecular formula is C23H19F3N4O4. The molecule has 2 aliphatic rings. The molecule has 0 aliphatic carbocycles. The van der Waals surface area contributed by atoms with Crippen molar-refractivity contribution in [3.63, 3.8) is 0 Å². The fourth-order valence-electron chi connectivity index (χ4n) is 4.36. The number of nitrogens with zero attached hydrogens (tertiary/aromatic N) is 1. The summed E-state index contributed by atoms with van der Waals surface area (Å²) < 4.78 is 41.9. The summed E-state index contributed by atoms with van der Waals surface area (Å²) in [4.78, 5) is 42.9. The van der Waals surface area contributed by atoms with Gasteiger partial charge < -0.3 is 25.3 Å². The quantitative estimate of drug-likeness (QED) is 0.545. The first-order valence-corrected chi connectivity index (χ1v) is 10.6. The van der Waals surface area contributed by atoms with Crippen molar-refractivity contribution in [2.45, 2.75) is 31.8 Å². The zero-order valence-electron chi connectivity index (χ0n) is 17.7. The molecule has 3 aromatic rings. The highest BCUT2D eigenvalue weighted by Crippen LogP contribution is 2.32. The number of anilines is 1. The molecule has 2 aromatic carbocycles. The number of aromatic amines is 1. The number of para-hydroxylation sites is 1. The Morgan fingerprint density at radius 3 is 2.74 bits per heavy atom. The lowest BCUT2D eigenvalue weighted by Crippen LogP contribution is -2.46. The van der Waals surface area contributed by atoms with Crippen molar-refractivity contribution < 1.29 is 32.3 Å². The molecule has 5 rings (SSSR count). The average molecular weight is 472 g/mol. The van der Waals surface area contributed by atoms with Gasteiger partial charge in [0.2, 0.25) is 11.8 Å². The Morgan fingerprint density at radius 2 is 1.94 bits per heavy atom. The van der Waals surface area contributed by atoms with Crippen molar-refractivity contribution in [3.8, 4) is 5.75 Å². The van der Waals surface area contributed by atoms with Crippen molar-refractivity contribution in [1.82, 2.24) is 15.2 Å². The maximum absolute atomic E-state index is 13.0. The number of hydrogen-bond donors (Lipinski definition) is 3. The van der Waals surface area contributed by atoms with Crippen LogP contribution in [-0.2, 0) is 22.6 Å². The molecule has 3 amide bonds. The number of benzene rings is 2. The summed E-state index contributed by atoms with van der Waals surface area (Å²) in [6, 6.07) is 9.52. The van der Waals surface area contributed by atoms with Crippen molar-refractivity contribution in [3.05, 3.63) is 59.3 Å². The van der Waals surface area contributed by atoms with Gasteiger partial charge in [-0.05, 0) is 30.3 Å². The molecule has 8 nitrogen and oxygen atoms in total. The van der Waals surface area contributed by atoms with Gasteiger partial charge in [-0.25, -0.2) is 0 Å². The third kappa shape index (κ3) is 4.16. The van der Waals surface area contributed by atoms with E-state index in [0.29, 0.717) is 40.7 Å². The van der Waals surface area contributed by atoms with Crippen LogP contribution >= 0.6 is 0 Å². The fourth-order valence-corrected chi connectivity index (χ4v) is 4.36. The van der Waals surface area contributed by atoms with Crippen molar-refractivity contribution in [2.75, 3.05) is 11.9 Å². The van der Waals surface area contributed by atoms with E-state index >= 15 is 0 Å². The van der Waals surface area contributed by atoms with Crippen molar-refractivity contribution >= 4 is 34.3 Å². The smallest absolute Gasteiger partial charge is 0.406 e. The maximum Gasteiger partial charge on any atom is 0.573 e. The molecule has 0 saturated heterocycles. The van der Waals surface area contributed by atoms with Gasteiger partial charge in [-0.3, -0.25) is 14.4 Å². The van der Waals surface area contributed by atoms with Gasteiger partial charge >= 0.3 is 6.36 Å².